The first-order valence-electron chi connectivity index (χ1n) is 21.6. The molecule has 11 N–H and O–H groups in total. The van der Waals surface area contributed by atoms with Crippen molar-refractivity contribution in [1.29, 1.82) is 0 Å². The second-order valence-electron chi connectivity index (χ2n) is 14.6. The Kier molecular flexibility index (Phi) is 25.2. The lowest BCUT2D eigenvalue weighted by atomic mass is 9.79. The molecule has 0 fully saturated rings. The molecule has 3 aromatic carbocycles. The number of nitrogens with one attached hydrogen (secondary N) is 10. The van der Waals surface area contributed by atoms with Crippen LogP contribution in [-0.2, 0) is 58.2 Å². The zero-order valence-corrected chi connectivity index (χ0v) is 38.4. The standard InChI is InChI=1S/C45H56N10O13S/c1-30(68-45(31-11-5-2-6-12-31,32-13-7-3-8-14-32)33-15-9-4-10-16-33)36(37(59)51-28-27-50-26-25-49-24-23-48-22-21-47-20-19-46-18-17-35(58)69)52-38(60)39(61)53-40(62)41(63)54-42(64)43(65)55-44(66)67-34(57)29-56/h2-16,29-30,36,46-50H,17-28H2,1H3,(H,51,59)(H,52,60)(H,58,69)(H,53,61,62)(H,54,63,64)(H,55,65,66)/t30-,36?/m1/s1. The van der Waals surface area contributed by atoms with Crippen LogP contribution in [0.3, 0.4) is 0 Å². The summed E-state index contributed by atoms with van der Waals surface area (Å²) in [5.41, 5.74) is 0.541. The van der Waals surface area contributed by atoms with Crippen LogP contribution in [0.25, 0.3) is 0 Å². The van der Waals surface area contributed by atoms with Crippen LogP contribution in [0.4, 0.5) is 4.79 Å². The molecule has 2 atom stereocenters. The molecule has 69 heavy (non-hydrogen) atoms. The van der Waals surface area contributed by atoms with Gasteiger partial charge in [-0.3, -0.25) is 54.3 Å². The van der Waals surface area contributed by atoms with Crippen LogP contribution in [-0.4, -0.2) is 154 Å². The summed E-state index contributed by atoms with van der Waals surface area (Å²) in [7, 11) is 0. The molecule has 0 bridgehead atoms. The van der Waals surface area contributed by atoms with Gasteiger partial charge in [0.25, 0.3) is 0 Å². The largest absolute Gasteiger partial charge is 0.502 e. The minimum Gasteiger partial charge on any atom is -0.502 e. The summed E-state index contributed by atoms with van der Waals surface area (Å²) in [6.07, 6.45) is -3.06. The van der Waals surface area contributed by atoms with Gasteiger partial charge in [-0.1, -0.05) is 91.0 Å². The highest BCUT2D eigenvalue weighted by molar-refractivity contribution is 7.80. The molecule has 1 unspecified atom stereocenters. The maximum Gasteiger partial charge on any atom is 0.422 e. The van der Waals surface area contributed by atoms with Crippen LogP contribution in [0.15, 0.2) is 91.0 Å². The maximum absolute atomic E-state index is 14.0. The molecule has 0 spiro atoms. The van der Waals surface area contributed by atoms with Gasteiger partial charge in [-0.25, -0.2) is 9.59 Å². The number of imide groups is 3. The van der Waals surface area contributed by atoms with Gasteiger partial charge in [0.15, 0.2) is 5.05 Å². The van der Waals surface area contributed by atoms with Crippen molar-refractivity contribution in [2.45, 2.75) is 31.1 Å². The number of hydrogen-bond acceptors (Lipinski definition) is 18. The fourth-order valence-corrected chi connectivity index (χ4v) is 6.41. The molecule has 0 aliphatic carbocycles. The Bertz CT molecular complexity index is 2130. The molecule has 0 aliphatic rings. The van der Waals surface area contributed by atoms with E-state index in [1.165, 1.54) is 22.9 Å². The Morgan fingerprint density at radius 3 is 1.30 bits per heavy atom. The average Bonchev–Trinajstić information content (AvgIpc) is 3.34. The highest BCUT2D eigenvalue weighted by Gasteiger charge is 2.42. The Morgan fingerprint density at radius 2 is 0.913 bits per heavy atom. The molecule has 0 radical (unpaired) electrons. The van der Waals surface area contributed by atoms with E-state index in [1.807, 2.05) is 54.6 Å². The SMILES string of the molecule is C[C@@H](OC(c1ccccc1)(c1ccccc1)c1ccccc1)C(NC(=O)C(=O)NC(=O)C(=O)NC(=O)C(=O)NC(=O)OC(=O)C=O)C(=O)NCCNCCNCCNCCNCCNCCC(O)=S. The van der Waals surface area contributed by atoms with E-state index >= 15 is 0 Å². The Hall–Kier alpha value is -7.19. The molecule has 370 valence electrons. The molecule has 24 heteroatoms. The number of ether oxygens (including phenoxy) is 2. The molecule has 0 saturated heterocycles. The van der Waals surface area contributed by atoms with Gasteiger partial charge >= 0.3 is 47.5 Å². The molecular weight excluding hydrogens is 921 g/mol. The summed E-state index contributed by atoms with van der Waals surface area (Å²) in [5, 5.41) is 34.2. The number of esters is 1. The number of aldehydes is 1. The quantitative estimate of drug-likeness (QED) is 0.00714. The molecular formula is C45H56N10O13S. The van der Waals surface area contributed by atoms with Crippen molar-refractivity contribution in [3.8, 4) is 0 Å². The minimum absolute atomic E-state index is 0.00792. The van der Waals surface area contributed by atoms with Crippen LogP contribution in [0.1, 0.15) is 30.0 Å². The van der Waals surface area contributed by atoms with E-state index < -0.39 is 77.4 Å². The van der Waals surface area contributed by atoms with Gasteiger partial charge in [0.1, 0.15) is 11.6 Å². The zero-order chi connectivity index (χ0) is 50.4. The number of amides is 8. The summed E-state index contributed by atoms with van der Waals surface area (Å²) in [6.45, 7) is 8.22. The first-order chi connectivity index (χ1) is 33.2. The van der Waals surface area contributed by atoms with Gasteiger partial charge in [-0.2, -0.15) is 0 Å². The number of rotatable bonds is 27. The molecule has 0 aliphatic heterocycles. The Morgan fingerprint density at radius 1 is 0.551 bits per heavy atom. The second-order valence-corrected chi connectivity index (χ2v) is 15.1. The van der Waals surface area contributed by atoms with E-state index in [-0.39, 0.29) is 11.6 Å². The number of carbonyl (C=O) groups is 10. The maximum atomic E-state index is 14.0. The number of hydrogen-bond donors (Lipinski definition) is 11. The second kappa shape index (κ2) is 31.0. The van der Waals surface area contributed by atoms with Crippen LogP contribution in [0.2, 0.25) is 0 Å². The van der Waals surface area contributed by atoms with Crippen molar-refractivity contribution < 1.29 is 62.5 Å². The van der Waals surface area contributed by atoms with E-state index in [9.17, 15) is 47.9 Å². The lowest BCUT2D eigenvalue weighted by molar-refractivity contribution is -0.149. The predicted octanol–water partition coefficient (Wildman–Crippen LogP) is -2.53. The molecule has 3 aromatic rings. The number of aliphatic hydroxyl groups is 1. The summed E-state index contributed by atoms with van der Waals surface area (Å²) < 4.78 is 10.7. The highest BCUT2D eigenvalue weighted by atomic mass is 32.1. The number of carbonyl (C=O) groups excluding carboxylic acids is 10. The smallest absolute Gasteiger partial charge is 0.422 e. The third kappa shape index (κ3) is 19.9. The van der Waals surface area contributed by atoms with Crippen LogP contribution >= 0.6 is 12.2 Å². The third-order valence-electron chi connectivity index (χ3n) is 9.55. The number of alkyl carbamates (subject to hydrolysis) is 1. The molecule has 0 saturated carbocycles. The molecule has 0 heterocycles. The van der Waals surface area contributed by atoms with Gasteiger partial charge in [-0.15, -0.1) is 0 Å². The van der Waals surface area contributed by atoms with Gasteiger partial charge in [-0.05, 0) is 35.8 Å². The normalized spacial score (nSPS) is 11.7. The van der Waals surface area contributed by atoms with E-state index in [2.05, 4.69) is 54.2 Å². The van der Waals surface area contributed by atoms with E-state index in [0.717, 1.165) is 32.7 Å². The number of benzene rings is 3. The summed E-state index contributed by atoms with van der Waals surface area (Å²) in [5.74, 6) is -13.5. The fraction of sp³-hybridized carbons (Fsp3) is 0.356. The van der Waals surface area contributed by atoms with Crippen molar-refractivity contribution in [1.82, 2.24) is 53.2 Å². The molecule has 0 aromatic heterocycles. The molecule has 8 amide bonds. The van der Waals surface area contributed by atoms with Gasteiger partial charge < -0.3 is 51.8 Å². The van der Waals surface area contributed by atoms with Crippen molar-refractivity contribution in [3.63, 3.8) is 0 Å². The average molecular weight is 977 g/mol. The number of thiocarbonyl (C=S) groups is 1. The van der Waals surface area contributed by atoms with Gasteiger partial charge in [0.05, 0.1) is 6.10 Å². The monoisotopic (exact) mass is 976 g/mol. The highest BCUT2D eigenvalue weighted by Crippen LogP contribution is 2.41. The van der Waals surface area contributed by atoms with Gasteiger partial charge in [0, 0.05) is 78.4 Å². The van der Waals surface area contributed by atoms with Crippen LogP contribution < -0.4 is 53.2 Å². The van der Waals surface area contributed by atoms with E-state index in [1.54, 1.807) is 36.4 Å². The van der Waals surface area contributed by atoms with Crippen LogP contribution in [0, 0.1) is 0 Å². The van der Waals surface area contributed by atoms with Crippen molar-refractivity contribution >= 4 is 77.0 Å². The molecule has 3 rings (SSSR count). The van der Waals surface area contributed by atoms with Crippen LogP contribution in [0.5, 0.6) is 0 Å². The summed E-state index contributed by atoms with van der Waals surface area (Å²) in [6, 6.07) is 25.6. The minimum atomic E-state index is -1.93. The third-order valence-corrected chi connectivity index (χ3v) is 9.76. The first-order valence-corrected chi connectivity index (χ1v) is 22.0. The number of aliphatic hydroxyl groups excluding tert-OH is 1. The molecule has 23 nitrogen and oxygen atoms in total. The first kappa shape index (κ1) is 56.1. The summed E-state index contributed by atoms with van der Waals surface area (Å²) in [4.78, 5) is 122. The Balaban J connectivity index is 1.66. The van der Waals surface area contributed by atoms with E-state index in [4.69, 9.17) is 9.84 Å². The topological polar surface area (TPSA) is 330 Å². The van der Waals surface area contributed by atoms with E-state index in [0.29, 0.717) is 55.8 Å². The predicted molar refractivity (Wildman–Crippen MR) is 251 cm³/mol. The van der Waals surface area contributed by atoms with Crippen molar-refractivity contribution in [2.75, 3.05) is 72.0 Å². The summed E-state index contributed by atoms with van der Waals surface area (Å²) >= 11 is 4.63. The van der Waals surface area contributed by atoms with Gasteiger partial charge in [0.2, 0.25) is 12.2 Å². The zero-order valence-electron chi connectivity index (χ0n) is 37.6. The van der Waals surface area contributed by atoms with Crippen molar-refractivity contribution in [2.24, 2.45) is 0 Å². The Labute approximate surface area is 402 Å². The van der Waals surface area contributed by atoms with Crippen molar-refractivity contribution in [3.05, 3.63) is 108 Å². The lowest BCUT2D eigenvalue weighted by Gasteiger charge is -2.40. The lowest BCUT2D eigenvalue weighted by Crippen LogP contribution is -2.59. The fourth-order valence-electron chi connectivity index (χ4n) is 6.31.